The van der Waals surface area contributed by atoms with E-state index < -0.39 is 5.97 Å². The Morgan fingerprint density at radius 2 is 2.33 bits per heavy atom. The Morgan fingerprint density at radius 3 is 2.80 bits per heavy atom. The molecule has 0 aromatic heterocycles. The van der Waals surface area contributed by atoms with Gasteiger partial charge in [-0.3, -0.25) is 0 Å². The molecule has 0 spiro atoms. The van der Waals surface area contributed by atoms with Crippen molar-refractivity contribution in [3.8, 4) is 6.07 Å². The van der Waals surface area contributed by atoms with Gasteiger partial charge in [-0.2, -0.15) is 5.26 Å². The predicted octanol–water partition coefficient (Wildman–Crippen LogP) is 2.85. The molecule has 1 rings (SSSR count). The van der Waals surface area contributed by atoms with Crippen LogP contribution in [0.1, 0.15) is 21.5 Å². The molecule has 0 heterocycles. The number of ether oxygens (including phenoxy) is 1. The van der Waals surface area contributed by atoms with Crippen LogP contribution in [0, 0.1) is 11.3 Å². The smallest absolute Gasteiger partial charge is 0.339 e. The van der Waals surface area contributed by atoms with Gasteiger partial charge in [0, 0.05) is 10.4 Å². The zero-order valence-corrected chi connectivity index (χ0v) is 10.2. The van der Waals surface area contributed by atoms with E-state index in [0.29, 0.717) is 21.2 Å². The summed E-state index contributed by atoms with van der Waals surface area (Å²) < 4.78 is 5.03. The highest BCUT2D eigenvalue weighted by Crippen LogP contribution is 2.24. The maximum Gasteiger partial charge on any atom is 0.339 e. The number of halogens is 2. The largest absolute Gasteiger partial charge is 0.465 e. The van der Waals surface area contributed by atoms with Crippen molar-refractivity contribution in [3.05, 3.63) is 33.3 Å². The van der Waals surface area contributed by atoms with Crippen LogP contribution in [0.4, 0.5) is 0 Å². The van der Waals surface area contributed by atoms with Gasteiger partial charge in [0.2, 0.25) is 0 Å². The molecule has 0 bridgehead atoms. The lowest BCUT2D eigenvalue weighted by Gasteiger charge is -2.06. The van der Waals surface area contributed by atoms with Crippen molar-refractivity contribution in [2.75, 3.05) is 7.11 Å². The molecule has 0 aliphatic rings. The van der Waals surface area contributed by atoms with Gasteiger partial charge in [-0.05, 0) is 33.6 Å². The molecule has 1 aromatic rings. The second-order valence-corrected chi connectivity index (χ2v) is 3.80. The summed E-state index contributed by atoms with van der Waals surface area (Å²) in [5.41, 5.74) is 1.39. The molecule has 3 nitrogen and oxygen atoms in total. The number of methoxy groups -OCH3 is 1. The zero-order chi connectivity index (χ0) is 11.4. The van der Waals surface area contributed by atoms with Crippen LogP contribution in [-0.2, 0) is 10.6 Å². The molecule has 0 atom stereocenters. The van der Waals surface area contributed by atoms with E-state index in [9.17, 15) is 4.79 Å². The van der Waals surface area contributed by atoms with Crippen molar-refractivity contribution in [2.45, 2.75) is 5.88 Å². The summed E-state index contributed by atoms with van der Waals surface area (Å²) in [6.45, 7) is 0. The molecular weight excluding hydrogens is 281 g/mol. The molecular formula is C10H7BrClNO2. The van der Waals surface area contributed by atoms with Gasteiger partial charge in [-0.15, -0.1) is 11.6 Å². The molecule has 0 aliphatic heterocycles. The molecule has 0 fully saturated rings. The van der Waals surface area contributed by atoms with Crippen LogP contribution in [0.2, 0.25) is 0 Å². The maximum absolute atomic E-state index is 11.4. The lowest BCUT2D eigenvalue weighted by Crippen LogP contribution is -2.04. The highest BCUT2D eigenvalue weighted by atomic mass is 79.9. The van der Waals surface area contributed by atoms with Crippen molar-refractivity contribution < 1.29 is 9.53 Å². The first-order valence-electron chi connectivity index (χ1n) is 4.00. The third-order valence-corrected chi connectivity index (χ3v) is 2.98. The second-order valence-electron chi connectivity index (χ2n) is 2.74. The van der Waals surface area contributed by atoms with E-state index in [1.807, 2.05) is 6.07 Å². The summed E-state index contributed by atoms with van der Waals surface area (Å²) in [6.07, 6.45) is 0. The summed E-state index contributed by atoms with van der Waals surface area (Å²) in [5.74, 6) is -0.253. The average Bonchev–Trinajstić information content (AvgIpc) is 2.28. The van der Waals surface area contributed by atoms with Crippen LogP contribution < -0.4 is 0 Å². The Labute approximate surface area is 101 Å². The zero-order valence-electron chi connectivity index (χ0n) is 7.88. The molecule has 0 radical (unpaired) electrons. The number of nitriles is 1. The summed E-state index contributed by atoms with van der Waals surface area (Å²) in [4.78, 5) is 11.4. The first-order chi connectivity index (χ1) is 7.13. The van der Waals surface area contributed by atoms with Crippen LogP contribution in [0.25, 0.3) is 0 Å². The number of carbonyl (C=O) groups is 1. The summed E-state index contributed by atoms with van der Waals surface area (Å²) in [6, 6.07) is 5.21. The Hall–Kier alpha value is -1.05. The number of nitrogens with zero attached hydrogens (tertiary/aromatic N) is 1. The topological polar surface area (TPSA) is 50.1 Å². The molecule has 0 saturated heterocycles. The lowest BCUT2D eigenvalue weighted by atomic mass is 10.1. The molecule has 78 valence electrons. The van der Waals surface area contributed by atoms with Gasteiger partial charge >= 0.3 is 5.97 Å². The predicted molar refractivity (Wildman–Crippen MR) is 59.8 cm³/mol. The Balaban J connectivity index is 3.38. The van der Waals surface area contributed by atoms with Gasteiger partial charge in [-0.25, -0.2) is 4.79 Å². The third-order valence-electron chi connectivity index (χ3n) is 1.81. The van der Waals surface area contributed by atoms with E-state index in [1.165, 1.54) is 7.11 Å². The molecule has 15 heavy (non-hydrogen) atoms. The van der Waals surface area contributed by atoms with Crippen LogP contribution in [0.3, 0.4) is 0 Å². The molecule has 0 unspecified atom stereocenters. The van der Waals surface area contributed by atoms with E-state index in [-0.39, 0.29) is 5.88 Å². The fourth-order valence-corrected chi connectivity index (χ4v) is 1.74. The molecule has 5 heteroatoms. The van der Waals surface area contributed by atoms with Gasteiger partial charge in [0.1, 0.15) is 6.07 Å². The van der Waals surface area contributed by atoms with E-state index >= 15 is 0 Å². The van der Waals surface area contributed by atoms with E-state index in [2.05, 4.69) is 20.7 Å². The number of alkyl halides is 1. The summed E-state index contributed by atoms with van der Waals surface area (Å²) in [7, 11) is 1.29. The number of benzene rings is 1. The van der Waals surface area contributed by atoms with E-state index in [1.54, 1.807) is 12.1 Å². The molecule has 0 N–H and O–H groups in total. The van der Waals surface area contributed by atoms with E-state index in [0.717, 1.165) is 0 Å². The minimum atomic E-state index is -0.495. The van der Waals surface area contributed by atoms with Gasteiger partial charge in [0.25, 0.3) is 0 Å². The van der Waals surface area contributed by atoms with Crippen molar-refractivity contribution >= 4 is 33.5 Å². The molecule has 0 saturated carbocycles. The van der Waals surface area contributed by atoms with Crippen molar-refractivity contribution in [1.82, 2.24) is 0 Å². The number of carbonyl (C=O) groups excluding carboxylic acids is 1. The van der Waals surface area contributed by atoms with Gasteiger partial charge in [0.15, 0.2) is 0 Å². The minimum Gasteiger partial charge on any atom is -0.465 e. The van der Waals surface area contributed by atoms with Gasteiger partial charge in [0.05, 0.1) is 18.2 Å². The fraction of sp³-hybridized carbons (Fsp3) is 0.200. The molecule has 1 aromatic carbocycles. The Bertz CT molecular complexity index is 440. The third kappa shape index (κ3) is 2.49. The SMILES string of the molecule is COC(=O)c1cc(CCl)cc(C#N)c1Br. The first kappa shape index (κ1) is 12.0. The Kier molecular flexibility index (Phi) is 4.13. The number of esters is 1. The van der Waals surface area contributed by atoms with Crippen LogP contribution in [0.5, 0.6) is 0 Å². The Morgan fingerprint density at radius 1 is 1.67 bits per heavy atom. The fourth-order valence-electron chi connectivity index (χ4n) is 1.10. The van der Waals surface area contributed by atoms with Crippen molar-refractivity contribution in [2.24, 2.45) is 0 Å². The van der Waals surface area contributed by atoms with Crippen molar-refractivity contribution in [3.63, 3.8) is 0 Å². The summed E-state index contributed by atoms with van der Waals surface area (Å²) >= 11 is 8.83. The highest BCUT2D eigenvalue weighted by Gasteiger charge is 2.15. The van der Waals surface area contributed by atoms with E-state index in [4.69, 9.17) is 16.9 Å². The average molecular weight is 289 g/mol. The highest BCUT2D eigenvalue weighted by molar-refractivity contribution is 9.10. The second kappa shape index (κ2) is 5.15. The van der Waals surface area contributed by atoms with Gasteiger partial charge in [-0.1, -0.05) is 0 Å². The van der Waals surface area contributed by atoms with Crippen molar-refractivity contribution in [1.29, 1.82) is 5.26 Å². The lowest BCUT2D eigenvalue weighted by molar-refractivity contribution is 0.0599. The number of hydrogen-bond acceptors (Lipinski definition) is 3. The summed E-state index contributed by atoms with van der Waals surface area (Å²) in [5, 5.41) is 8.84. The standard InChI is InChI=1S/C10H7BrClNO2/c1-15-10(14)8-3-6(4-12)2-7(5-13)9(8)11/h2-3H,4H2,1H3. The van der Waals surface area contributed by atoms with Crippen LogP contribution in [0.15, 0.2) is 16.6 Å². The number of hydrogen-bond donors (Lipinski definition) is 0. The van der Waals surface area contributed by atoms with Gasteiger partial charge < -0.3 is 4.74 Å². The molecule has 0 amide bonds. The number of rotatable bonds is 2. The minimum absolute atomic E-state index is 0.242. The first-order valence-corrected chi connectivity index (χ1v) is 5.33. The molecule has 0 aliphatic carbocycles. The van der Waals surface area contributed by atoms with Crippen LogP contribution >= 0.6 is 27.5 Å². The normalized spacial score (nSPS) is 9.47. The monoisotopic (exact) mass is 287 g/mol. The quantitative estimate of drug-likeness (QED) is 0.621. The van der Waals surface area contributed by atoms with Crippen LogP contribution in [-0.4, -0.2) is 13.1 Å². The maximum atomic E-state index is 11.4.